The standard InChI is InChI=1S/C21H23N3O2S/c1-2-21(6-3-7-21)20(26)24-12-13-8-16(17(24)9-13)23-19(25)14-4-5-18-15(10-14)11-22-27-18/h2,4-5,10-11,13,16-17H,1,3,6-9,12H2,(H,23,25). The summed E-state index contributed by atoms with van der Waals surface area (Å²) in [5.74, 6) is 0.658. The Morgan fingerprint density at radius 3 is 2.89 bits per heavy atom. The number of benzene rings is 1. The molecule has 2 heterocycles. The van der Waals surface area contributed by atoms with E-state index in [2.05, 4.69) is 16.3 Å². The number of likely N-dealkylation sites (tertiary alicyclic amines) is 1. The van der Waals surface area contributed by atoms with E-state index in [0.29, 0.717) is 11.5 Å². The molecule has 3 unspecified atom stereocenters. The van der Waals surface area contributed by atoms with Crippen molar-refractivity contribution in [3.8, 4) is 0 Å². The molecule has 2 bridgehead atoms. The molecule has 2 aliphatic carbocycles. The molecule has 2 saturated carbocycles. The van der Waals surface area contributed by atoms with E-state index in [0.717, 1.165) is 48.7 Å². The van der Waals surface area contributed by atoms with Gasteiger partial charge in [0.05, 0.1) is 16.2 Å². The van der Waals surface area contributed by atoms with Crippen LogP contribution in [0.25, 0.3) is 10.1 Å². The fourth-order valence-electron chi connectivity index (χ4n) is 5.03. The van der Waals surface area contributed by atoms with Crippen LogP contribution in [0, 0.1) is 11.3 Å². The second-order valence-electron chi connectivity index (χ2n) is 8.23. The number of fused-ring (bicyclic) bond motifs is 3. The van der Waals surface area contributed by atoms with Gasteiger partial charge in [-0.2, -0.15) is 4.37 Å². The van der Waals surface area contributed by atoms with E-state index in [-0.39, 0.29) is 29.3 Å². The van der Waals surface area contributed by atoms with Gasteiger partial charge in [0.2, 0.25) is 5.91 Å². The number of piperidine rings is 1. The molecular formula is C21H23N3O2S. The first-order valence-electron chi connectivity index (χ1n) is 9.70. The lowest BCUT2D eigenvalue weighted by molar-refractivity contribution is -0.145. The number of nitrogens with zero attached hydrogens (tertiary/aromatic N) is 2. The molecule has 6 heteroatoms. The Balaban J connectivity index is 1.31. The molecule has 5 rings (SSSR count). The predicted octanol–water partition coefficient (Wildman–Crippen LogP) is 3.37. The average Bonchev–Trinajstić information content (AvgIpc) is 3.35. The Morgan fingerprint density at radius 1 is 1.33 bits per heavy atom. The van der Waals surface area contributed by atoms with Crippen LogP contribution < -0.4 is 5.32 Å². The highest BCUT2D eigenvalue weighted by molar-refractivity contribution is 7.13. The van der Waals surface area contributed by atoms with Crippen molar-refractivity contribution < 1.29 is 9.59 Å². The summed E-state index contributed by atoms with van der Waals surface area (Å²) >= 11 is 1.43. The fraction of sp³-hybridized carbons (Fsp3) is 0.476. The number of carbonyl (C=O) groups is 2. The van der Waals surface area contributed by atoms with Crippen molar-refractivity contribution in [3.63, 3.8) is 0 Å². The van der Waals surface area contributed by atoms with Gasteiger partial charge in [0.1, 0.15) is 0 Å². The van der Waals surface area contributed by atoms with Crippen molar-refractivity contribution in [3.05, 3.63) is 42.6 Å². The molecule has 2 amide bonds. The van der Waals surface area contributed by atoms with Gasteiger partial charge >= 0.3 is 0 Å². The summed E-state index contributed by atoms with van der Waals surface area (Å²) in [6.45, 7) is 4.75. The molecular weight excluding hydrogens is 358 g/mol. The topological polar surface area (TPSA) is 62.3 Å². The first-order valence-corrected chi connectivity index (χ1v) is 10.5. The van der Waals surface area contributed by atoms with Crippen molar-refractivity contribution in [2.75, 3.05) is 6.54 Å². The molecule has 0 spiro atoms. The quantitative estimate of drug-likeness (QED) is 0.826. The van der Waals surface area contributed by atoms with Crippen LogP contribution >= 0.6 is 11.5 Å². The monoisotopic (exact) mass is 381 g/mol. The molecule has 5 nitrogen and oxygen atoms in total. The molecule has 1 saturated heterocycles. The zero-order valence-electron chi connectivity index (χ0n) is 15.2. The van der Waals surface area contributed by atoms with Crippen LogP contribution in [0.1, 0.15) is 42.5 Å². The predicted molar refractivity (Wildman–Crippen MR) is 106 cm³/mol. The maximum atomic E-state index is 13.1. The van der Waals surface area contributed by atoms with E-state index in [1.807, 2.05) is 29.2 Å². The van der Waals surface area contributed by atoms with Gasteiger partial charge < -0.3 is 10.2 Å². The van der Waals surface area contributed by atoms with Crippen LogP contribution in [0.4, 0.5) is 0 Å². The zero-order chi connectivity index (χ0) is 18.6. The maximum absolute atomic E-state index is 13.1. The maximum Gasteiger partial charge on any atom is 0.251 e. The minimum atomic E-state index is -0.351. The van der Waals surface area contributed by atoms with Crippen LogP contribution in [0.15, 0.2) is 37.1 Å². The second kappa shape index (κ2) is 6.16. The van der Waals surface area contributed by atoms with Gasteiger partial charge in [0.15, 0.2) is 0 Å². The highest BCUT2D eigenvalue weighted by atomic mass is 32.1. The second-order valence-corrected chi connectivity index (χ2v) is 9.07. The van der Waals surface area contributed by atoms with Crippen molar-refractivity contribution in [2.45, 2.75) is 44.2 Å². The Hall–Kier alpha value is -2.21. The van der Waals surface area contributed by atoms with Gasteiger partial charge in [-0.25, -0.2) is 0 Å². The number of aromatic nitrogens is 1. The third-order valence-corrected chi connectivity index (χ3v) is 7.52. The van der Waals surface area contributed by atoms with Gasteiger partial charge in [0.25, 0.3) is 5.91 Å². The van der Waals surface area contributed by atoms with E-state index < -0.39 is 0 Å². The molecule has 1 N–H and O–H groups in total. The number of nitrogens with one attached hydrogen (secondary N) is 1. The van der Waals surface area contributed by atoms with Crippen LogP contribution in [0.5, 0.6) is 0 Å². The number of amides is 2. The molecule has 27 heavy (non-hydrogen) atoms. The fourth-order valence-corrected chi connectivity index (χ4v) is 5.65. The lowest BCUT2D eigenvalue weighted by Gasteiger charge is -2.44. The van der Waals surface area contributed by atoms with Crippen molar-refractivity contribution in [1.82, 2.24) is 14.6 Å². The highest BCUT2D eigenvalue weighted by Gasteiger charge is 2.52. The number of carbonyl (C=O) groups excluding carboxylic acids is 2. The van der Waals surface area contributed by atoms with Crippen molar-refractivity contribution in [2.24, 2.45) is 11.3 Å². The smallest absolute Gasteiger partial charge is 0.251 e. The summed E-state index contributed by atoms with van der Waals surface area (Å²) in [7, 11) is 0. The van der Waals surface area contributed by atoms with Gasteiger partial charge in [-0.3, -0.25) is 9.59 Å². The van der Waals surface area contributed by atoms with E-state index in [9.17, 15) is 9.59 Å². The molecule has 3 fully saturated rings. The summed E-state index contributed by atoms with van der Waals surface area (Å²) in [4.78, 5) is 28.0. The van der Waals surface area contributed by atoms with Crippen LogP contribution in [-0.4, -0.2) is 39.7 Å². The summed E-state index contributed by atoms with van der Waals surface area (Å²) < 4.78 is 5.25. The van der Waals surface area contributed by atoms with Crippen molar-refractivity contribution in [1.29, 1.82) is 0 Å². The van der Waals surface area contributed by atoms with E-state index in [1.54, 1.807) is 6.20 Å². The minimum Gasteiger partial charge on any atom is -0.347 e. The largest absolute Gasteiger partial charge is 0.347 e. The van der Waals surface area contributed by atoms with E-state index in [1.165, 1.54) is 11.5 Å². The number of rotatable bonds is 4. The summed E-state index contributed by atoms with van der Waals surface area (Å²) in [6, 6.07) is 5.86. The Bertz CT molecular complexity index is 932. The molecule has 1 aromatic carbocycles. The first-order chi connectivity index (χ1) is 13.1. The number of hydrogen-bond acceptors (Lipinski definition) is 4. The normalized spacial score (nSPS) is 28.1. The molecule has 3 atom stereocenters. The highest BCUT2D eigenvalue weighted by Crippen LogP contribution is 2.47. The van der Waals surface area contributed by atoms with Crippen LogP contribution in [0.2, 0.25) is 0 Å². The third-order valence-electron chi connectivity index (χ3n) is 6.74. The van der Waals surface area contributed by atoms with Gasteiger partial charge in [0, 0.05) is 29.7 Å². The molecule has 3 aliphatic rings. The Kier molecular flexibility index (Phi) is 3.86. The summed E-state index contributed by atoms with van der Waals surface area (Å²) in [6.07, 6.45) is 8.52. The van der Waals surface area contributed by atoms with Crippen molar-refractivity contribution >= 4 is 33.4 Å². The van der Waals surface area contributed by atoms with Crippen LogP contribution in [0.3, 0.4) is 0 Å². The van der Waals surface area contributed by atoms with Gasteiger partial charge in [-0.05, 0) is 61.3 Å². The lowest BCUT2D eigenvalue weighted by Crippen LogP contribution is -2.56. The van der Waals surface area contributed by atoms with E-state index in [4.69, 9.17) is 0 Å². The Labute approximate surface area is 162 Å². The first kappa shape index (κ1) is 16.9. The molecule has 140 valence electrons. The summed E-state index contributed by atoms with van der Waals surface area (Å²) in [5.41, 5.74) is 0.306. The number of hydrogen-bond donors (Lipinski definition) is 1. The van der Waals surface area contributed by atoms with Gasteiger partial charge in [-0.1, -0.05) is 12.5 Å². The zero-order valence-corrected chi connectivity index (χ0v) is 16.0. The third kappa shape index (κ3) is 2.61. The van der Waals surface area contributed by atoms with Gasteiger partial charge in [-0.15, -0.1) is 6.58 Å². The summed E-state index contributed by atoms with van der Waals surface area (Å²) in [5, 5.41) is 4.19. The average molecular weight is 382 g/mol. The Morgan fingerprint density at radius 2 is 2.19 bits per heavy atom. The van der Waals surface area contributed by atoms with Crippen LogP contribution in [-0.2, 0) is 4.79 Å². The molecule has 2 aromatic rings. The lowest BCUT2D eigenvalue weighted by atomic mass is 9.67. The molecule has 0 radical (unpaired) electrons. The SMILES string of the molecule is C=CC1(C(=O)N2CC3CC(NC(=O)c4ccc5sncc5c4)C2C3)CCC1. The molecule has 1 aromatic heterocycles. The minimum absolute atomic E-state index is 0.0402. The van der Waals surface area contributed by atoms with E-state index >= 15 is 0 Å². The molecule has 1 aliphatic heterocycles.